The summed E-state index contributed by atoms with van der Waals surface area (Å²) >= 11 is 12.0. The van der Waals surface area contributed by atoms with Crippen LogP contribution in [-0.2, 0) is 0 Å². The van der Waals surface area contributed by atoms with Gasteiger partial charge in [-0.05, 0) is 25.1 Å². The van der Waals surface area contributed by atoms with E-state index in [9.17, 15) is 0 Å². The van der Waals surface area contributed by atoms with E-state index in [0.717, 1.165) is 24.3 Å². The maximum absolute atomic E-state index is 6.04. The second kappa shape index (κ2) is 4.60. The van der Waals surface area contributed by atoms with Crippen LogP contribution in [0.5, 0.6) is 5.75 Å². The lowest BCUT2D eigenvalue weighted by Crippen LogP contribution is -2.23. The molecule has 0 fully saturated rings. The summed E-state index contributed by atoms with van der Waals surface area (Å²) in [6.45, 7) is 3.74. The van der Waals surface area contributed by atoms with Crippen LogP contribution in [0.25, 0.3) is 0 Å². The van der Waals surface area contributed by atoms with Crippen LogP contribution >= 0.6 is 23.2 Å². The van der Waals surface area contributed by atoms with Crippen LogP contribution in [-0.4, -0.2) is 13.2 Å². The highest BCUT2D eigenvalue weighted by Gasteiger charge is 2.26. The van der Waals surface area contributed by atoms with E-state index in [0.29, 0.717) is 16.7 Å². The Labute approximate surface area is 99.5 Å². The van der Waals surface area contributed by atoms with Crippen molar-refractivity contribution >= 4 is 23.2 Å². The van der Waals surface area contributed by atoms with E-state index in [1.807, 2.05) is 6.07 Å². The van der Waals surface area contributed by atoms with Gasteiger partial charge in [0.15, 0.2) is 0 Å². The van der Waals surface area contributed by atoms with Gasteiger partial charge in [-0.1, -0.05) is 30.1 Å². The van der Waals surface area contributed by atoms with Gasteiger partial charge in [-0.15, -0.1) is 0 Å². The molecule has 82 valence electrons. The van der Waals surface area contributed by atoms with Crippen LogP contribution in [0.4, 0.5) is 0 Å². The molecular weight excluding hydrogens is 233 g/mol. The Morgan fingerprint density at radius 2 is 2.27 bits per heavy atom. The largest absolute Gasteiger partial charge is 0.490 e. The number of nitrogens with one attached hydrogen (secondary N) is 1. The number of rotatable bonds is 3. The fourth-order valence-electron chi connectivity index (χ4n) is 1.74. The van der Waals surface area contributed by atoms with Crippen molar-refractivity contribution in [1.82, 2.24) is 5.32 Å². The first-order valence-electron chi connectivity index (χ1n) is 5.07. The van der Waals surface area contributed by atoms with E-state index in [-0.39, 0.29) is 6.04 Å². The molecule has 1 aliphatic heterocycles. The molecular formula is C11H13Cl2NO. The Kier molecular flexibility index (Phi) is 3.39. The van der Waals surface area contributed by atoms with Crippen molar-refractivity contribution in [3.05, 3.63) is 27.7 Å². The molecule has 0 saturated heterocycles. The average molecular weight is 246 g/mol. The molecule has 1 atom stereocenters. The van der Waals surface area contributed by atoms with Gasteiger partial charge in [0.25, 0.3) is 0 Å². The maximum Gasteiger partial charge on any atom is 0.142 e. The smallest absolute Gasteiger partial charge is 0.142 e. The molecule has 4 heteroatoms. The predicted octanol–water partition coefficient (Wildman–Crippen LogP) is 3.43. The van der Waals surface area contributed by atoms with E-state index in [2.05, 4.69) is 12.2 Å². The third-order valence-electron chi connectivity index (χ3n) is 2.45. The molecule has 1 heterocycles. The summed E-state index contributed by atoms with van der Waals surface area (Å²) in [5, 5.41) is 4.66. The molecule has 1 aromatic carbocycles. The highest BCUT2D eigenvalue weighted by molar-refractivity contribution is 6.35. The number of hydrogen-bond acceptors (Lipinski definition) is 2. The standard InChI is InChI=1S/C11H13Cl2NO/c1-2-3-14-10-6-15-11-8(10)4-7(12)5-9(11)13/h4-5,10,14H,2-3,6H2,1H3. The fraction of sp³-hybridized carbons (Fsp3) is 0.455. The van der Waals surface area contributed by atoms with E-state index >= 15 is 0 Å². The number of fused-ring (bicyclic) bond motifs is 1. The van der Waals surface area contributed by atoms with Crippen LogP contribution in [0.2, 0.25) is 10.0 Å². The summed E-state index contributed by atoms with van der Waals surface area (Å²) in [6, 6.07) is 3.85. The second-order valence-electron chi connectivity index (χ2n) is 3.62. The Morgan fingerprint density at radius 1 is 1.47 bits per heavy atom. The molecule has 0 spiro atoms. The first-order valence-corrected chi connectivity index (χ1v) is 5.83. The number of hydrogen-bond donors (Lipinski definition) is 1. The third-order valence-corrected chi connectivity index (χ3v) is 2.95. The van der Waals surface area contributed by atoms with Gasteiger partial charge in [0.1, 0.15) is 12.4 Å². The van der Waals surface area contributed by atoms with Crippen molar-refractivity contribution < 1.29 is 4.74 Å². The van der Waals surface area contributed by atoms with Crippen molar-refractivity contribution in [2.24, 2.45) is 0 Å². The Hall–Kier alpha value is -0.440. The molecule has 1 N–H and O–H groups in total. The molecule has 1 aliphatic rings. The fourth-order valence-corrected chi connectivity index (χ4v) is 2.30. The van der Waals surface area contributed by atoms with Crippen LogP contribution in [0.15, 0.2) is 12.1 Å². The summed E-state index contributed by atoms with van der Waals surface area (Å²) in [7, 11) is 0. The molecule has 0 bridgehead atoms. The normalized spacial score (nSPS) is 18.7. The van der Waals surface area contributed by atoms with Crippen molar-refractivity contribution in [2.75, 3.05) is 13.2 Å². The molecule has 0 amide bonds. The molecule has 1 unspecified atom stereocenters. The highest BCUT2D eigenvalue weighted by atomic mass is 35.5. The Bertz CT molecular complexity index is 368. The average Bonchev–Trinajstić information content (AvgIpc) is 2.58. The third kappa shape index (κ3) is 2.22. The van der Waals surface area contributed by atoms with E-state index in [1.54, 1.807) is 6.07 Å². The second-order valence-corrected chi connectivity index (χ2v) is 4.47. The van der Waals surface area contributed by atoms with Crippen molar-refractivity contribution in [3.63, 3.8) is 0 Å². The first-order chi connectivity index (χ1) is 7.22. The van der Waals surface area contributed by atoms with E-state index in [4.69, 9.17) is 27.9 Å². The number of ether oxygens (including phenoxy) is 1. The van der Waals surface area contributed by atoms with Crippen LogP contribution in [0.1, 0.15) is 24.9 Å². The van der Waals surface area contributed by atoms with Gasteiger partial charge in [0.05, 0.1) is 11.1 Å². The summed E-state index contributed by atoms with van der Waals surface area (Å²) < 4.78 is 5.54. The van der Waals surface area contributed by atoms with Gasteiger partial charge in [-0.2, -0.15) is 0 Å². The quantitative estimate of drug-likeness (QED) is 0.882. The molecule has 0 aromatic heterocycles. The molecule has 0 saturated carbocycles. The van der Waals surface area contributed by atoms with Crippen molar-refractivity contribution in [3.8, 4) is 5.75 Å². The van der Waals surface area contributed by atoms with Crippen molar-refractivity contribution in [1.29, 1.82) is 0 Å². The number of benzene rings is 1. The summed E-state index contributed by atoms with van der Waals surface area (Å²) in [5.74, 6) is 0.773. The molecule has 0 radical (unpaired) electrons. The maximum atomic E-state index is 6.04. The number of halogens is 2. The van der Waals surface area contributed by atoms with Crippen LogP contribution in [0.3, 0.4) is 0 Å². The summed E-state index contributed by atoms with van der Waals surface area (Å²) in [4.78, 5) is 0. The summed E-state index contributed by atoms with van der Waals surface area (Å²) in [6.07, 6.45) is 1.10. The van der Waals surface area contributed by atoms with Crippen molar-refractivity contribution in [2.45, 2.75) is 19.4 Å². The van der Waals surface area contributed by atoms with Gasteiger partial charge in [0.2, 0.25) is 0 Å². The molecule has 2 rings (SSSR count). The van der Waals surface area contributed by atoms with E-state index in [1.165, 1.54) is 0 Å². The zero-order valence-corrected chi connectivity index (χ0v) is 10.0. The van der Waals surface area contributed by atoms with Crippen LogP contribution in [0, 0.1) is 0 Å². The minimum absolute atomic E-state index is 0.219. The topological polar surface area (TPSA) is 21.3 Å². The lowest BCUT2D eigenvalue weighted by atomic mass is 10.1. The van der Waals surface area contributed by atoms with Gasteiger partial charge in [-0.25, -0.2) is 0 Å². The van der Waals surface area contributed by atoms with Gasteiger partial charge >= 0.3 is 0 Å². The minimum Gasteiger partial charge on any atom is -0.490 e. The van der Waals surface area contributed by atoms with Gasteiger partial charge in [-0.3, -0.25) is 0 Å². The highest BCUT2D eigenvalue weighted by Crippen LogP contribution is 2.40. The lowest BCUT2D eigenvalue weighted by molar-refractivity contribution is 0.311. The molecule has 0 aliphatic carbocycles. The van der Waals surface area contributed by atoms with Crippen LogP contribution < -0.4 is 10.1 Å². The summed E-state index contributed by atoms with van der Waals surface area (Å²) in [5.41, 5.74) is 1.07. The zero-order chi connectivity index (χ0) is 10.8. The molecule has 2 nitrogen and oxygen atoms in total. The first kappa shape index (κ1) is 11.1. The van der Waals surface area contributed by atoms with Gasteiger partial charge in [0, 0.05) is 10.6 Å². The predicted molar refractivity (Wildman–Crippen MR) is 63.0 cm³/mol. The Balaban J connectivity index is 2.25. The van der Waals surface area contributed by atoms with Gasteiger partial charge < -0.3 is 10.1 Å². The van der Waals surface area contributed by atoms with E-state index < -0.39 is 0 Å². The SMILES string of the molecule is CCCNC1COc2c(Cl)cc(Cl)cc21. The monoisotopic (exact) mass is 245 g/mol. The Morgan fingerprint density at radius 3 is 3.00 bits per heavy atom. The zero-order valence-electron chi connectivity index (χ0n) is 8.52. The molecule has 1 aromatic rings. The molecule has 15 heavy (non-hydrogen) atoms. The minimum atomic E-state index is 0.219. The lowest BCUT2D eigenvalue weighted by Gasteiger charge is -2.10.